The van der Waals surface area contributed by atoms with Gasteiger partial charge in [0.15, 0.2) is 0 Å². The monoisotopic (exact) mass is 517 g/mol. The van der Waals surface area contributed by atoms with E-state index in [1.54, 1.807) is 33.5 Å². The lowest BCUT2D eigenvalue weighted by Gasteiger charge is -2.31. The third kappa shape index (κ3) is 7.13. The molecule has 1 fully saturated rings. The van der Waals surface area contributed by atoms with Crippen LogP contribution in [0.15, 0.2) is 53.4 Å². The SMILES string of the molecule is CCCCN(CCCC)S(=O)(=O)c1ccc(NC(=O)C2CCN(C(=O)c3ccc(F)cc3)CC2)cc1. The van der Waals surface area contributed by atoms with E-state index in [-0.39, 0.29) is 22.6 Å². The fourth-order valence-electron chi connectivity index (χ4n) is 4.24. The summed E-state index contributed by atoms with van der Waals surface area (Å²) in [7, 11) is -3.59. The van der Waals surface area contributed by atoms with Gasteiger partial charge >= 0.3 is 0 Å². The zero-order chi connectivity index (χ0) is 26.1. The van der Waals surface area contributed by atoms with Crippen molar-refractivity contribution in [1.29, 1.82) is 0 Å². The van der Waals surface area contributed by atoms with Gasteiger partial charge in [0.25, 0.3) is 5.91 Å². The van der Waals surface area contributed by atoms with Crippen LogP contribution in [0.25, 0.3) is 0 Å². The minimum atomic E-state index is -3.59. The summed E-state index contributed by atoms with van der Waals surface area (Å²) in [6.45, 7) is 5.96. The van der Waals surface area contributed by atoms with Crippen molar-refractivity contribution in [2.75, 3.05) is 31.5 Å². The number of carbonyl (C=O) groups excluding carboxylic acids is 2. The predicted octanol–water partition coefficient (Wildman–Crippen LogP) is 4.91. The zero-order valence-electron chi connectivity index (χ0n) is 21.1. The average molecular weight is 518 g/mol. The van der Waals surface area contributed by atoms with Crippen molar-refractivity contribution in [2.24, 2.45) is 5.92 Å². The molecule has 1 aliphatic heterocycles. The molecule has 2 amide bonds. The van der Waals surface area contributed by atoms with E-state index in [0.717, 1.165) is 25.7 Å². The molecule has 1 N–H and O–H groups in total. The summed E-state index contributed by atoms with van der Waals surface area (Å²) in [6, 6.07) is 11.8. The Labute approximate surface area is 213 Å². The van der Waals surface area contributed by atoms with Crippen molar-refractivity contribution < 1.29 is 22.4 Å². The maximum Gasteiger partial charge on any atom is 0.253 e. The third-order valence-electron chi connectivity index (χ3n) is 6.53. The number of rotatable bonds is 11. The number of sulfonamides is 1. The van der Waals surface area contributed by atoms with Crippen LogP contribution in [0.4, 0.5) is 10.1 Å². The van der Waals surface area contributed by atoms with Crippen molar-refractivity contribution in [3.63, 3.8) is 0 Å². The second kappa shape index (κ2) is 13.0. The summed E-state index contributed by atoms with van der Waals surface area (Å²) in [5, 5.41) is 2.88. The number of nitrogens with one attached hydrogen (secondary N) is 1. The molecule has 3 rings (SSSR count). The smallest absolute Gasteiger partial charge is 0.253 e. The van der Waals surface area contributed by atoms with E-state index in [1.165, 1.54) is 24.3 Å². The summed E-state index contributed by atoms with van der Waals surface area (Å²) >= 11 is 0. The second-order valence-corrected chi connectivity index (χ2v) is 11.1. The predicted molar refractivity (Wildman–Crippen MR) is 139 cm³/mol. The van der Waals surface area contributed by atoms with Gasteiger partial charge in [-0.3, -0.25) is 9.59 Å². The quantitative estimate of drug-likeness (QED) is 0.459. The molecule has 0 atom stereocenters. The number of benzene rings is 2. The highest BCUT2D eigenvalue weighted by Gasteiger charge is 2.28. The first-order chi connectivity index (χ1) is 17.3. The van der Waals surface area contributed by atoms with Crippen molar-refractivity contribution >= 4 is 27.5 Å². The highest BCUT2D eigenvalue weighted by atomic mass is 32.2. The third-order valence-corrected chi connectivity index (χ3v) is 8.44. The highest BCUT2D eigenvalue weighted by molar-refractivity contribution is 7.89. The Hall–Kier alpha value is -2.78. The largest absolute Gasteiger partial charge is 0.339 e. The number of hydrogen-bond donors (Lipinski definition) is 1. The average Bonchev–Trinajstić information content (AvgIpc) is 2.89. The molecule has 0 saturated carbocycles. The van der Waals surface area contributed by atoms with E-state index in [1.807, 2.05) is 13.8 Å². The van der Waals surface area contributed by atoms with E-state index < -0.39 is 15.8 Å². The van der Waals surface area contributed by atoms with E-state index in [2.05, 4.69) is 5.32 Å². The molecule has 0 radical (unpaired) electrons. The van der Waals surface area contributed by atoms with Crippen LogP contribution >= 0.6 is 0 Å². The van der Waals surface area contributed by atoms with Gasteiger partial charge in [-0.2, -0.15) is 4.31 Å². The maximum atomic E-state index is 13.1. The molecule has 36 heavy (non-hydrogen) atoms. The molecule has 9 heteroatoms. The van der Waals surface area contributed by atoms with Crippen molar-refractivity contribution in [1.82, 2.24) is 9.21 Å². The van der Waals surface area contributed by atoms with E-state index in [9.17, 15) is 22.4 Å². The normalized spacial score (nSPS) is 14.7. The Kier molecular flexibility index (Phi) is 10.0. The first-order valence-corrected chi connectivity index (χ1v) is 14.2. The fraction of sp³-hybridized carbons (Fsp3) is 0.481. The first kappa shape index (κ1) is 27.8. The summed E-state index contributed by atoms with van der Waals surface area (Å²) in [5.74, 6) is -0.952. The zero-order valence-corrected chi connectivity index (χ0v) is 21.9. The van der Waals surface area contributed by atoms with Gasteiger partial charge < -0.3 is 10.2 Å². The number of nitrogens with zero attached hydrogens (tertiary/aromatic N) is 2. The van der Waals surface area contributed by atoms with Crippen LogP contribution in [0.3, 0.4) is 0 Å². The Bertz CT molecular complexity index is 1100. The van der Waals surface area contributed by atoms with Gasteiger partial charge in [-0.05, 0) is 74.2 Å². The standard InChI is InChI=1S/C27H36FN3O4S/c1-3-5-17-31(18-6-4-2)36(34,35)25-13-11-24(12-14-25)29-26(32)21-15-19-30(20-16-21)27(33)22-7-9-23(28)10-8-22/h7-14,21H,3-6,15-20H2,1-2H3,(H,29,32). The van der Waals surface area contributed by atoms with Gasteiger partial charge in [-0.1, -0.05) is 26.7 Å². The summed E-state index contributed by atoms with van der Waals surface area (Å²) in [4.78, 5) is 27.3. The van der Waals surface area contributed by atoms with Crippen LogP contribution in [-0.4, -0.2) is 55.6 Å². The van der Waals surface area contributed by atoms with Crippen LogP contribution in [0.1, 0.15) is 62.7 Å². The summed E-state index contributed by atoms with van der Waals surface area (Å²) < 4.78 is 40.9. The Morgan fingerprint density at radius 2 is 1.50 bits per heavy atom. The molecule has 7 nitrogen and oxygen atoms in total. The molecule has 2 aromatic carbocycles. The minimum absolute atomic E-state index is 0.146. The van der Waals surface area contributed by atoms with Gasteiger partial charge in [0.1, 0.15) is 5.82 Å². The number of halogens is 1. The summed E-state index contributed by atoms with van der Waals surface area (Å²) in [5.41, 5.74) is 0.967. The molecule has 1 saturated heterocycles. The van der Waals surface area contributed by atoms with Crippen LogP contribution in [-0.2, 0) is 14.8 Å². The van der Waals surface area contributed by atoms with Crippen molar-refractivity contribution in [3.05, 3.63) is 59.9 Å². The van der Waals surface area contributed by atoms with E-state index in [0.29, 0.717) is 50.3 Å². The van der Waals surface area contributed by atoms with Crippen LogP contribution in [0, 0.1) is 11.7 Å². The van der Waals surface area contributed by atoms with Crippen molar-refractivity contribution in [3.8, 4) is 0 Å². The molecular weight excluding hydrogens is 481 g/mol. The lowest BCUT2D eigenvalue weighted by atomic mass is 9.95. The Balaban J connectivity index is 1.56. The Morgan fingerprint density at radius 3 is 2.03 bits per heavy atom. The van der Waals surface area contributed by atoms with E-state index in [4.69, 9.17) is 0 Å². The molecule has 0 spiro atoms. The molecule has 0 aromatic heterocycles. The lowest BCUT2D eigenvalue weighted by molar-refractivity contribution is -0.121. The lowest BCUT2D eigenvalue weighted by Crippen LogP contribution is -2.41. The minimum Gasteiger partial charge on any atom is -0.339 e. The molecule has 196 valence electrons. The number of piperidine rings is 1. The molecule has 0 unspecified atom stereocenters. The van der Waals surface area contributed by atoms with Crippen LogP contribution in [0.2, 0.25) is 0 Å². The number of hydrogen-bond acceptors (Lipinski definition) is 4. The number of likely N-dealkylation sites (tertiary alicyclic amines) is 1. The van der Waals surface area contributed by atoms with E-state index >= 15 is 0 Å². The summed E-state index contributed by atoms with van der Waals surface area (Å²) in [6.07, 6.45) is 4.51. The maximum absolute atomic E-state index is 13.1. The van der Waals surface area contributed by atoms with Gasteiger partial charge in [0, 0.05) is 43.3 Å². The molecule has 0 aliphatic carbocycles. The number of anilines is 1. The Morgan fingerprint density at radius 1 is 0.944 bits per heavy atom. The van der Waals surface area contributed by atoms with Gasteiger partial charge in [-0.25, -0.2) is 12.8 Å². The van der Waals surface area contributed by atoms with Crippen LogP contribution < -0.4 is 5.32 Å². The fourth-order valence-corrected chi connectivity index (χ4v) is 5.76. The first-order valence-electron chi connectivity index (χ1n) is 12.7. The molecule has 2 aromatic rings. The molecular formula is C27H36FN3O4S. The molecule has 0 bridgehead atoms. The molecule has 1 heterocycles. The van der Waals surface area contributed by atoms with Gasteiger partial charge in [0.05, 0.1) is 4.90 Å². The second-order valence-electron chi connectivity index (χ2n) is 9.20. The van der Waals surface area contributed by atoms with Gasteiger partial charge in [0.2, 0.25) is 15.9 Å². The number of amides is 2. The highest BCUT2D eigenvalue weighted by Crippen LogP contribution is 2.23. The van der Waals surface area contributed by atoms with Gasteiger partial charge in [-0.15, -0.1) is 0 Å². The molecule has 1 aliphatic rings. The number of unbranched alkanes of at least 4 members (excludes halogenated alkanes) is 2. The number of carbonyl (C=O) groups is 2. The topological polar surface area (TPSA) is 86.8 Å². The van der Waals surface area contributed by atoms with Crippen molar-refractivity contribution in [2.45, 2.75) is 57.3 Å². The van der Waals surface area contributed by atoms with Crippen LogP contribution in [0.5, 0.6) is 0 Å².